The van der Waals surface area contributed by atoms with Gasteiger partial charge in [-0.05, 0) is 44.5 Å². The third-order valence-electron chi connectivity index (χ3n) is 4.24. The van der Waals surface area contributed by atoms with E-state index in [1.165, 1.54) is 0 Å². The van der Waals surface area contributed by atoms with E-state index in [1.807, 2.05) is 55.6 Å². The number of aryl methyl sites for hydroxylation is 1. The molecule has 0 spiro atoms. The number of anilines is 1. The number of nitrogens with one attached hydrogen (secondary N) is 2. The molecule has 0 radical (unpaired) electrons. The number of aromatic nitrogens is 2. The van der Waals surface area contributed by atoms with Gasteiger partial charge < -0.3 is 15.5 Å². The van der Waals surface area contributed by atoms with Crippen LogP contribution in [0.15, 0.2) is 35.5 Å². The van der Waals surface area contributed by atoms with Crippen molar-refractivity contribution in [3.8, 4) is 0 Å². The molecule has 1 aromatic carbocycles. The largest absolute Gasteiger partial charge is 0.370 e. The second kappa shape index (κ2) is 11.8. The molecule has 8 heteroatoms. The lowest BCUT2D eigenvalue weighted by Crippen LogP contribution is -2.37. The van der Waals surface area contributed by atoms with Crippen LogP contribution in [0.25, 0.3) is 0 Å². The van der Waals surface area contributed by atoms with Crippen LogP contribution in [0, 0.1) is 5.82 Å². The molecule has 0 saturated heterocycles. The van der Waals surface area contributed by atoms with Gasteiger partial charge in [-0.2, -0.15) is 5.10 Å². The first kappa shape index (κ1) is 23.2. The predicted octanol–water partition coefficient (Wildman–Crippen LogP) is 3.28. The summed E-state index contributed by atoms with van der Waals surface area (Å²) in [4.78, 5) is 6.56. The predicted molar refractivity (Wildman–Crippen MR) is 120 cm³/mol. The van der Waals surface area contributed by atoms with E-state index in [-0.39, 0.29) is 29.8 Å². The lowest BCUT2D eigenvalue weighted by Gasteiger charge is -2.21. The summed E-state index contributed by atoms with van der Waals surface area (Å²) in [5, 5.41) is 10.6. The van der Waals surface area contributed by atoms with Crippen LogP contribution in [0.5, 0.6) is 0 Å². The van der Waals surface area contributed by atoms with Gasteiger partial charge in [0.25, 0.3) is 0 Å². The highest BCUT2D eigenvalue weighted by Crippen LogP contribution is 2.20. The van der Waals surface area contributed by atoms with E-state index in [9.17, 15) is 4.39 Å². The fourth-order valence-corrected chi connectivity index (χ4v) is 2.73. The molecule has 0 aliphatic carbocycles. The Bertz CT molecular complexity index is 727. The molecule has 0 aliphatic heterocycles. The molecule has 6 nitrogen and oxygen atoms in total. The van der Waals surface area contributed by atoms with E-state index in [0.717, 1.165) is 30.9 Å². The van der Waals surface area contributed by atoms with Crippen molar-refractivity contribution in [1.29, 1.82) is 0 Å². The summed E-state index contributed by atoms with van der Waals surface area (Å²) in [5.41, 5.74) is 2.55. The summed E-state index contributed by atoms with van der Waals surface area (Å²) < 4.78 is 16.2. The maximum Gasteiger partial charge on any atom is 0.191 e. The molecule has 1 aromatic heterocycles. The van der Waals surface area contributed by atoms with Crippen LogP contribution in [-0.2, 0) is 20.1 Å². The van der Waals surface area contributed by atoms with E-state index in [0.29, 0.717) is 24.7 Å². The van der Waals surface area contributed by atoms with Crippen molar-refractivity contribution in [3.63, 3.8) is 0 Å². The second-order valence-electron chi connectivity index (χ2n) is 5.95. The van der Waals surface area contributed by atoms with Crippen molar-refractivity contribution < 1.29 is 4.39 Å². The molecule has 0 fully saturated rings. The molecule has 2 rings (SSSR count). The van der Waals surface area contributed by atoms with Crippen LogP contribution in [0.4, 0.5) is 10.1 Å². The zero-order chi connectivity index (χ0) is 18.9. The normalized spacial score (nSPS) is 11.1. The van der Waals surface area contributed by atoms with Gasteiger partial charge in [0.2, 0.25) is 0 Å². The molecule has 1 heterocycles. The molecular weight excluding hydrogens is 458 g/mol. The van der Waals surface area contributed by atoms with E-state index in [1.54, 1.807) is 12.3 Å². The third-order valence-corrected chi connectivity index (χ3v) is 4.24. The minimum atomic E-state index is -0.200. The minimum Gasteiger partial charge on any atom is -0.370 e. The lowest BCUT2D eigenvalue weighted by molar-refractivity contribution is 0.617. The van der Waals surface area contributed by atoms with Gasteiger partial charge in [0.15, 0.2) is 5.96 Å². The van der Waals surface area contributed by atoms with Gasteiger partial charge in [-0.1, -0.05) is 6.07 Å². The molecule has 0 atom stereocenters. The highest BCUT2D eigenvalue weighted by atomic mass is 127. The number of hydrogen-bond acceptors (Lipinski definition) is 3. The Morgan fingerprint density at radius 2 is 1.93 bits per heavy atom. The zero-order valence-corrected chi connectivity index (χ0v) is 18.8. The van der Waals surface area contributed by atoms with Crippen molar-refractivity contribution in [2.75, 3.05) is 24.5 Å². The summed E-state index contributed by atoms with van der Waals surface area (Å²) in [6.07, 6.45) is 1.77. The fourth-order valence-electron chi connectivity index (χ4n) is 2.73. The topological polar surface area (TPSA) is 57.5 Å². The number of benzene rings is 1. The molecule has 0 aliphatic rings. The molecule has 0 bridgehead atoms. The van der Waals surface area contributed by atoms with E-state index in [4.69, 9.17) is 0 Å². The highest BCUT2D eigenvalue weighted by Gasteiger charge is 2.09. The third kappa shape index (κ3) is 6.67. The maximum atomic E-state index is 14.4. The summed E-state index contributed by atoms with van der Waals surface area (Å²) in [5.74, 6) is 0.496. The van der Waals surface area contributed by atoms with Gasteiger partial charge in [0.1, 0.15) is 5.82 Å². The Kier molecular flexibility index (Phi) is 10.1. The average molecular weight is 488 g/mol. The van der Waals surface area contributed by atoms with Crippen molar-refractivity contribution in [2.45, 2.75) is 33.9 Å². The van der Waals surface area contributed by atoms with Gasteiger partial charge in [-0.15, -0.1) is 24.0 Å². The second-order valence-corrected chi connectivity index (χ2v) is 5.95. The molecule has 27 heavy (non-hydrogen) atoms. The summed E-state index contributed by atoms with van der Waals surface area (Å²) in [6.45, 7) is 9.43. The number of nitrogens with zero attached hydrogens (tertiary/aromatic N) is 4. The smallest absolute Gasteiger partial charge is 0.191 e. The Morgan fingerprint density at radius 3 is 2.48 bits per heavy atom. The monoisotopic (exact) mass is 488 g/mol. The number of halogens is 2. The van der Waals surface area contributed by atoms with Crippen LogP contribution in [0.3, 0.4) is 0 Å². The van der Waals surface area contributed by atoms with Crippen molar-refractivity contribution in [2.24, 2.45) is 12.0 Å². The van der Waals surface area contributed by atoms with Crippen molar-refractivity contribution in [1.82, 2.24) is 20.4 Å². The Balaban J connectivity index is 0.00000364. The van der Waals surface area contributed by atoms with Gasteiger partial charge >= 0.3 is 0 Å². The standard InChI is InChI=1S/C19H29FN6.HI/c1-5-21-19(23-14-16-10-11-24-25(16)4)22-13-15-8-9-18(17(20)12-15)26(6-2)7-3;/h8-12H,5-7,13-14H2,1-4H3,(H2,21,22,23);1H. The molecule has 0 saturated carbocycles. The van der Waals surface area contributed by atoms with Crippen molar-refractivity contribution in [3.05, 3.63) is 47.5 Å². The molecule has 2 aromatic rings. The van der Waals surface area contributed by atoms with Gasteiger partial charge in [-0.3, -0.25) is 4.68 Å². The summed E-state index contributed by atoms with van der Waals surface area (Å²) >= 11 is 0. The SMILES string of the molecule is CCNC(=NCc1ccc(N(CC)CC)c(F)c1)NCc1ccnn1C.I. The first-order valence-electron chi connectivity index (χ1n) is 9.11. The van der Waals surface area contributed by atoms with E-state index >= 15 is 0 Å². The first-order chi connectivity index (χ1) is 12.6. The Hall–Kier alpha value is -1.84. The summed E-state index contributed by atoms with van der Waals surface area (Å²) in [6, 6.07) is 7.30. The van der Waals surface area contributed by atoms with E-state index in [2.05, 4.69) is 20.7 Å². The number of aliphatic imine (C=N–C) groups is 1. The van der Waals surface area contributed by atoms with Crippen LogP contribution in [0.2, 0.25) is 0 Å². The summed E-state index contributed by atoms with van der Waals surface area (Å²) in [7, 11) is 1.90. The Morgan fingerprint density at radius 1 is 1.19 bits per heavy atom. The average Bonchev–Trinajstić information content (AvgIpc) is 3.05. The van der Waals surface area contributed by atoms with Gasteiger partial charge in [-0.25, -0.2) is 9.38 Å². The Labute approximate surface area is 178 Å². The molecule has 0 amide bonds. The number of hydrogen-bond donors (Lipinski definition) is 2. The maximum absolute atomic E-state index is 14.4. The molecule has 2 N–H and O–H groups in total. The van der Waals surface area contributed by atoms with Gasteiger partial charge in [0.05, 0.1) is 24.5 Å². The molecule has 150 valence electrons. The fraction of sp³-hybridized carbons (Fsp3) is 0.474. The van der Waals surface area contributed by atoms with Gasteiger partial charge in [0, 0.05) is 32.9 Å². The molecule has 0 unspecified atom stereocenters. The first-order valence-corrected chi connectivity index (χ1v) is 9.11. The van der Waals surface area contributed by atoms with Crippen LogP contribution in [0.1, 0.15) is 32.0 Å². The van der Waals surface area contributed by atoms with Crippen LogP contribution in [-0.4, -0.2) is 35.4 Å². The lowest BCUT2D eigenvalue weighted by atomic mass is 10.2. The van der Waals surface area contributed by atoms with Crippen LogP contribution >= 0.6 is 24.0 Å². The number of guanidine groups is 1. The number of rotatable bonds is 8. The molecular formula is C19H30FIN6. The zero-order valence-electron chi connectivity index (χ0n) is 16.5. The van der Waals surface area contributed by atoms with Crippen LogP contribution < -0.4 is 15.5 Å². The minimum absolute atomic E-state index is 0. The highest BCUT2D eigenvalue weighted by molar-refractivity contribution is 14.0. The van der Waals surface area contributed by atoms with E-state index < -0.39 is 0 Å². The van der Waals surface area contributed by atoms with Crippen molar-refractivity contribution >= 4 is 35.6 Å². The quantitative estimate of drug-likeness (QED) is 0.340.